The molecule has 0 fully saturated rings. The summed E-state index contributed by atoms with van der Waals surface area (Å²) in [6, 6.07) is 45.6. The van der Waals surface area contributed by atoms with Crippen LogP contribution in [-0.4, -0.2) is 0 Å². The van der Waals surface area contributed by atoms with Crippen molar-refractivity contribution in [1.82, 2.24) is 0 Å². The zero-order valence-electron chi connectivity index (χ0n) is 44.9. The fraction of sp³-hybridized carbons (Fsp3) is 0.364. The SMILES string of the molecule is CC(C)c1cccc(C(C)C)c1-c1cc(Nc2cc(Cl)c(Cl)cc2Nc2cc(-c3c(C(C)C)cccc3C(C)C)cc(-c3c(C(C)C)cccc3C(C)C)c2)cc(-c2c(C(C)C)cccc2C(C)C)c1. The first-order valence-electron chi connectivity index (χ1n) is 26.0. The van der Waals surface area contributed by atoms with Crippen LogP contribution in [-0.2, 0) is 0 Å². The lowest BCUT2D eigenvalue weighted by molar-refractivity contribution is 0.836. The number of hydrogen-bond donors (Lipinski definition) is 2. The van der Waals surface area contributed by atoms with Crippen molar-refractivity contribution in [3.05, 3.63) is 176 Å². The fourth-order valence-electron chi connectivity index (χ4n) is 10.6. The molecule has 0 radical (unpaired) electrons. The zero-order valence-corrected chi connectivity index (χ0v) is 46.4. The second-order valence-electron chi connectivity index (χ2n) is 22.1. The van der Waals surface area contributed by atoms with Crippen LogP contribution in [0, 0.1) is 0 Å². The lowest BCUT2D eigenvalue weighted by atomic mass is 9.81. The molecule has 0 bridgehead atoms. The molecule has 0 aromatic heterocycles. The molecule has 0 saturated heterocycles. The lowest BCUT2D eigenvalue weighted by Gasteiger charge is -2.25. The van der Waals surface area contributed by atoms with Crippen LogP contribution in [0.2, 0.25) is 10.0 Å². The van der Waals surface area contributed by atoms with Crippen LogP contribution in [0.3, 0.4) is 0 Å². The molecule has 0 aliphatic carbocycles. The van der Waals surface area contributed by atoms with Gasteiger partial charge in [-0.3, -0.25) is 0 Å². The van der Waals surface area contributed by atoms with Gasteiger partial charge >= 0.3 is 0 Å². The van der Waals surface area contributed by atoms with Crippen molar-refractivity contribution in [2.24, 2.45) is 0 Å². The first-order chi connectivity index (χ1) is 33.2. The van der Waals surface area contributed by atoms with Crippen molar-refractivity contribution < 1.29 is 0 Å². The average Bonchev–Trinajstić information content (AvgIpc) is 3.31. The van der Waals surface area contributed by atoms with Gasteiger partial charge in [-0.15, -0.1) is 0 Å². The number of rotatable bonds is 16. The van der Waals surface area contributed by atoms with Gasteiger partial charge in [-0.2, -0.15) is 0 Å². The highest BCUT2D eigenvalue weighted by Crippen LogP contribution is 2.47. The van der Waals surface area contributed by atoms with Crippen molar-refractivity contribution in [3.8, 4) is 44.5 Å². The largest absolute Gasteiger partial charge is 0.354 e. The molecule has 0 heterocycles. The predicted octanol–water partition coefficient (Wildman–Crippen LogP) is 22.1. The molecule has 7 rings (SSSR count). The number of anilines is 4. The minimum atomic E-state index is 0.336. The molecule has 366 valence electrons. The Morgan fingerprint density at radius 3 is 0.629 bits per heavy atom. The zero-order chi connectivity index (χ0) is 50.9. The number of benzene rings is 7. The quantitative estimate of drug-likeness (QED) is 0.101. The normalized spacial score (nSPS) is 12.0. The van der Waals surface area contributed by atoms with E-state index in [0.29, 0.717) is 57.4 Å². The van der Waals surface area contributed by atoms with E-state index in [0.717, 1.165) is 22.7 Å². The van der Waals surface area contributed by atoms with Crippen LogP contribution < -0.4 is 10.6 Å². The Balaban J connectivity index is 1.50. The molecule has 0 spiro atoms. The lowest BCUT2D eigenvalue weighted by Crippen LogP contribution is -2.04. The average molecular weight is 970 g/mol. The van der Waals surface area contributed by atoms with E-state index in [2.05, 4.69) is 231 Å². The molecule has 4 heteroatoms. The molecule has 0 amide bonds. The highest BCUT2D eigenvalue weighted by molar-refractivity contribution is 6.42. The third-order valence-corrected chi connectivity index (χ3v) is 14.9. The van der Waals surface area contributed by atoms with E-state index in [9.17, 15) is 0 Å². The van der Waals surface area contributed by atoms with Crippen LogP contribution >= 0.6 is 23.2 Å². The van der Waals surface area contributed by atoms with E-state index in [1.165, 1.54) is 89.0 Å². The van der Waals surface area contributed by atoms with Crippen molar-refractivity contribution in [2.45, 2.75) is 158 Å². The van der Waals surface area contributed by atoms with Crippen LogP contribution in [0.1, 0.15) is 203 Å². The molecule has 0 aliphatic heterocycles. The van der Waals surface area contributed by atoms with E-state index >= 15 is 0 Å². The molecular formula is C66H78Cl2N2. The number of nitrogens with one attached hydrogen (secondary N) is 2. The summed E-state index contributed by atoms with van der Waals surface area (Å²) < 4.78 is 0. The van der Waals surface area contributed by atoms with Gasteiger partial charge in [-0.1, -0.05) is 207 Å². The first kappa shape index (κ1) is 52.5. The predicted molar refractivity (Wildman–Crippen MR) is 310 cm³/mol. The Bertz CT molecular complexity index is 2510. The van der Waals surface area contributed by atoms with Crippen LogP contribution in [0.5, 0.6) is 0 Å². The summed E-state index contributed by atoms with van der Waals surface area (Å²) in [4.78, 5) is 0. The summed E-state index contributed by atoms with van der Waals surface area (Å²) in [6.45, 7) is 36.9. The summed E-state index contributed by atoms with van der Waals surface area (Å²) in [5.41, 5.74) is 24.5. The third kappa shape index (κ3) is 11.1. The van der Waals surface area contributed by atoms with Crippen molar-refractivity contribution in [2.75, 3.05) is 10.6 Å². The van der Waals surface area contributed by atoms with Gasteiger partial charge in [-0.05, 0) is 185 Å². The maximum atomic E-state index is 7.03. The Kier molecular flexibility index (Phi) is 16.5. The minimum absolute atomic E-state index is 0.336. The Hall–Kier alpha value is -5.28. The smallest absolute Gasteiger partial charge is 0.0639 e. The van der Waals surface area contributed by atoms with Gasteiger partial charge in [0.15, 0.2) is 0 Å². The second kappa shape index (κ2) is 22.0. The molecule has 0 aliphatic rings. The standard InChI is InChI=1S/C66H78Cl2N2/c1-37(2)51-21-17-22-52(38(3)4)63(51)45-29-46(64-53(39(5)6)23-18-24-54(64)40(7)8)32-49(31-45)69-61-35-59(67)60(68)36-62(61)70-50-33-47(65-55(41(9)10)25-19-26-56(65)42(11)12)30-48(34-50)66-57(43(13)14)27-20-28-58(66)44(15)16/h17-44,69-70H,1-16H3. The molecule has 2 nitrogen and oxygen atoms in total. The summed E-state index contributed by atoms with van der Waals surface area (Å²) in [5.74, 6) is 2.69. The number of halogens is 2. The molecule has 0 saturated carbocycles. The van der Waals surface area contributed by atoms with E-state index in [4.69, 9.17) is 23.2 Å². The minimum Gasteiger partial charge on any atom is -0.354 e. The van der Waals surface area contributed by atoms with E-state index < -0.39 is 0 Å². The molecule has 2 N–H and O–H groups in total. The molecule has 70 heavy (non-hydrogen) atoms. The van der Waals surface area contributed by atoms with Crippen LogP contribution in [0.25, 0.3) is 44.5 Å². The van der Waals surface area contributed by atoms with Gasteiger partial charge in [0.2, 0.25) is 0 Å². The summed E-state index contributed by atoms with van der Waals surface area (Å²) in [7, 11) is 0. The summed E-state index contributed by atoms with van der Waals surface area (Å²) in [6.07, 6.45) is 0. The molecule has 7 aromatic rings. The summed E-state index contributed by atoms with van der Waals surface area (Å²) >= 11 is 14.1. The fourth-order valence-corrected chi connectivity index (χ4v) is 10.9. The van der Waals surface area contributed by atoms with Gasteiger partial charge in [0.1, 0.15) is 0 Å². The first-order valence-corrected chi connectivity index (χ1v) is 26.8. The highest BCUT2D eigenvalue weighted by atomic mass is 35.5. The number of hydrogen-bond acceptors (Lipinski definition) is 2. The topological polar surface area (TPSA) is 24.1 Å². The van der Waals surface area contributed by atoms with Gasteiger partial charge in [0.25, 0.3) is 0 Å². The highest BCUT2D eigenvalue weighted by Gasteiger charge is 2.24. The second-order valence-corrected chi connectivity index (χ2v) is 23.0. The third-order valence-electron chi connectivity index (χ3n) is 14.1. The Morgan fingerprint density at radius 1 is 0.271 bits per heavy atom. The van der Waals surface area contributed by atoms with Gasteiger partial charge in [0, 0.05) is 11.4 Å². The Morgan fingerprint density at radius 2 is 0.457 bits per heavy atom. The molecular weight excluding hydrogens is 892 g/mol. The molecule has 7 aromatic carbocycles. The van der Waals surface area contributed by atoms with Crippen molar-refractivity contribution >= 4 is 46.0 Å². The van der Waals surface area contributed by atoms with Crippen LogP contribution in [0.15, 0.2) is 121 Å². The van der Waals surface area contributed by atoms with Gasteiger partial charge < -0.3 is 10.6 Å². The maximum absolute atomic E-state index is 7.03. The van der Waals surface area contributed by atoms with Gasteiger partial charge in [0.05, 0.1) is 21.4 Å². The van der Waals surface area contributed by atoms with Crippen LogP contribution in [0.4, 0.5) is 22.7 Å². The Labute approximate surface area is 432 Å². The van der Waals surface area contributed by atoms with E-state index in [1.807, 2.05) is 12.1 Å². The van der Waals surface area contributed by atoms with E-state index in [1.54, 1.807) is 0 Å². The van der Waals surface area contributed by atoms with Crippen molar-refractivity contribution in [1.29, 1.82) is 0 Å². The van der Waals surface area contributed by atoms with Crippen molar-refractivity contribution in [3.63, 3.8) is 0 Å². The van der Waals surface area contributed by atoms with Gasteiger partial charge in [-0.25, -0.2) is 0 Å². The monoisotopic (exact) mass is 969 g/mol. The van der Waals surface area contributed by atoms with E-state index in [-0.39, 0.29) is 0 Å². The maximum Gasteiger partial charge on any atom is 0.0639 e. The molecule has 0 atom stereocenters. The summed E-state index contributed by atoms with van der Waals surface area (Å²) in [5, 5.41) is 8.89. The molecule has 0 unspecified atom stereocenters.